The van der Waals surface area contributed by atoms with E-state index in [-0.39, 0.29) is 5.41 Å². The molecule has 0 bridgehead atoms. The number of hydrogen-bond donors (Lipinski definition) is 0. The summed E-state index contributed by atoms with van der Waals surface area (Å²) in [5.74, 6) is 1.45. The summed E-state index contributed by atoms with van der Waals surface area (Å²) in [5, 5.41) is 0. The van der Waals surface area contributed by atoms with Crippen LogP contribution in [0.4, 0.5) is 13.2 Å². The number of aromatic nitrogens is 2. The van der Waals surface area contributed by atoms with Crippen LogP contribution in [0.5, 0.6) is 0 Å². The molecule has 0 aliphatic heterocycles. The van der Waals surface area contributed by atoms with Gasteiger partial charge in [-0.05, 0) is 75.5 Å². The number of nitrogens with zero attached hydrogens (tertiary/aromatic N) is 2. The number of imidazole rings is 1. The van der Waals surface area contributed by atoms with Gasteiger partial charge in [-0.2, -0.15) is 13.2 Å². The second kappa shape index (κ2) is 8.98. The van der Waals surface area contributed by atoms with Crippen LogP contribution in [0.25, 0.3) is 22.4 Å². The fourth-order valence-corrected chi connectivity index (χ4v) is 5.16. The molecule has 0 radical (unpaired) electrons. The lowest BCUT2D eigenvalue weighted by atomic mass is 9.87. The molecule has 1 heterocycles. The van der Waals surface area contributed by atoms with E-state index in [2.05, 4.69) is 78.7 Å². The molecule has 1 aromatic heterocycles. The first kappa shape index (κ1) is 24.1. The van der Waals surface area contributed by atoms with Gasteiger partial charge in [0.1, 0.15) is 5.82 Å². The number of aryl methyl sites for hydroxylation is 1. The first-order chi connectivity index (χ1) is 15.4. The highest BCUT2D eigenvalue weighted by Gasteiger charge is 2.31. The number of halogens is 4. The van der Waals surface area contributed by atoms with E-state index >= 15 is 0 Å². The highest BCUT2D eigenvalue weighted by atomic mass is 127. The molecule has 0 unspecified atom stereocenters. The Kier molecular flexibility index (Phi) is 6.57. The minimum atomic E-state index is -4.39. The summed E-state index contributed by atoms with van der Waals surface area (Å²) in [5.41, 5.74) is 3.88. The van der Waals surface area contributed by atoms with Gasteiger partial charge in [0, 0.05) is 26.8 Å². The summed E-state index contributed by atoms with van der Waals surface area (Å²) < 4.78 is 42.4. The predicted octanol–water partition coefficient (Wildman–Crippen LogP) is 8.45. The van der Waals surface area contributed by atoms with Crippen molar-refractivity contribution in [2.24, 2.45) is 7.05 Å². The third-order valence-electron chi connectivity index (χ3n) is 5.60. The van der Waals surface area contributed by atoms with Gasteiger partial charge in [0.25, 0.3) is 0 Å². The number of rotatable bonds is 4. The highest BCUT2D eigenvalue weighted by Crippen LogP contribution is 2.37. The van der Waals surface area contributed by atoms with Gasteiger partial charge < -0.3 is 4.57 Å². The maximum absolute atomic E-state index is 13.2. The van der Waals surface area contributed by atoms with E-state index in [1.807, 2.05) is 23.7 Å². The van der Waals surface area contributed by atoms with E-state index in [9.17, 15) is 13.2 Å². The summed E-state index contributed by atoms with van der Waals surface area (Å²) in [6.45, 7) is 6.59. The predicted molar refractivity (Wildman–Crippen MR) is 139 cm³/mol. The third kappa shape index (κ3) is 5.24. The van der Waals surface area contributed by atoms with Crippen LogP contribution in [0, 0.1) is 3.57 Å². The molecule has 0 aliphatic rings. The summed E-state index contributed by atoms with van der Waals surface area (Å²) >= 11 is 3.96. The number of fused-ring (bicyclic) bond motifs is 1. The number of thioether (sulfide) groups is 1. The normalized spacial score (nSPS) is 12.5. The minimum Gasteiger partial charge on any atom is -0.327 e. The Morgan fingerprint density at radius 3 is 2.21 bits per heavy atom. The second-order valence-corrected chi connectivity index (χ2v) is 11.3. The number of hydrogen-bond acceptors (Lipinski definition) is 2. The summed E-state index contributed by atoms with van der Waals surface area (Å²) in [7, 11) is 1.84. The lowest BCUT2D eigenvalue weighted by Gasteiger charge is -2.19. The van der Waals surface area contributed by atoms with Gasteiger partial charge in [-0.15, -0.1) is 11.8 Å². The van der Waals surface area contributed by atoms with Crippen molar-refractivity contribution in [3.63, 3.8) is 0 Å². The molecule has 2 nitrogen and oxygen atoms in total. The van der Waals surface area contributed by atoms with Crippen LogP contribution in [0.3, 0.4) is 0 Å². The molecule has 0 spiro atoms. The zero-order valence-electron chi connectivity index (χ0n) is 18.8. The van der Waals surface area contributed by atoms with Gasteiger partial charge in [0.2, 0.25) is 0 Å². The molecule has 3 aromatic carbocycles. The van der Waals surface area contributed by atoms with Crippen molar-refractivity contribution in [2.45, 2.75) is 43.0 Å². The van der Waals surface area contributed by atoms with Crippen molar-refractivity contribution in [1.82, 2.24) is 9.55 Å². The lowest BCUT2D eigenvalue weighted by Crippen LogP contribution is -2.10. The Bertz CT molecular complexity index is 1300. The zero-order chi connectivity index (χ0) is 24.0. The fourth-order valence-electron chi connectivity index (χ4n) is 3.68. The van der Waals surface area contributed by atoms with Crippen molar-refractivity contribution in [2.75, 3.05) is 0 Å². The molecule has 172 valence electrons. The molecule has 0 saturated heterocycles. The summed E-state index contributed by atoms with van der Waals surface area (Å²) in [4.78, 5) is 5.64. The molecule has 0 saturated carbocycles. The minimum absolute atomic E-state index is 0.112. The largest absolute Gasteiger partial charge is 0.416 e. The Labute approximate surface area is 209 Å². The first-order valence-corrected chi connectivity index (χ1v) is 12.6. The topological polar surface area (TPSA) is 17.8 Å². The van der Waals surface area contributed by atoms with Crippen molar-refractivity contribution in [3.8, 4) is 11.4 Å². The zero-order valence-corrected chi connectivity index (χ0v) is 21.8. The van der Waals surface area contributed by atoms with Crippen LogP contribution in [-0.4, -0.2) is 9.55 Å². The Morgan fingerprint density at radius 2 is 1.58 bits per heavy atom. The summed E-state index contributed by atoms with van der Waals surface area (Å²) in [6, 6.07) is 18.5. The van der Waals surface area contributed by atoms with Crippen LogP contribution in [0.15, 0.2) is 65.6 Å². The molecule has 0 N–H and O–H groups in total. The second-order valence-electron chi connectivity index (χ2n) is 9.07. The lowest BCUT2D eigenvalue weighted by molar-refractivity contribution is -0.137. The van der Waals surface area contributed by atoms with Crippen LogP contribution >= 0.6 is 34.4 Å². The molecule has 0 atom stereocenters. The smallest absolute Gasteiger partial charge is 0.327 e. The van der Waals surface area contributed by atoms with Gasteiger partial charge in [0.15, 0.2) is 0 Å². The standard InChI is InChI=1S/C26H24F3IN2S/c1-25(2,3)17-7-5-16(6-8-17)15-33-23-12-10-19(30)14-20(23)24-31-21-13-18(26(27,28)29)9-11-22(21)32(24)4/h5-14H,15H2,1-4H3. The van der Waals surface area contributed by atoms with Gasteiger partial charge in [-0.25, -0.2) is 4.98 Å². The van der Waals surface area contributed by atoms with Crippen molar-refractivity contribution in [1.29, 1.82) is 0 Å². The van der Waals surface area contributed by atoms with Gasteiger partial charge in [0.05, 0.1) is 16.6 Å². The van der Waals surface area contributed by atoms with E-state index < -0.39 is 11.7 Å². The molecule has 0 amide bonds. The van der Waals surface area contributed by atoms with Crippen LogP contribution in [0.1, 0.15) is 37.5 Å². The average Bonchev–Trinajstić information content (AvgIpc) is 3.08. The summed E-state index contributed by atoms with van der Waals surface area (Å²) in [6.07, 6.45) is -4.39. The molecular weight excluding hydrogens is 556 g/mol. The average molecular weight is 580 g/mol. The molecule has 33 heavy (non-hydrogen) atoms. The molecule has 0 aliphatic carbocycles. The number of benzene rings is 3. The van der Waals surface area contributed by atoms with Crippen molar-refractivity contribution >= 4 is 45.4 Å². The molecule has 4 rings (SSSR count). The Balaban J connectivity index is 1.67. The van der Waals surface area contributed by atoms with Crippen molar-refractivity contribution in [3.05, 3.63) is 80.9 Å². The highest BCUT2D eigenvalue weighted by molar-refractivity contribution is 14.1. The van der Waals surface area contributed by atoms with Gasteiger partial charge >= 0.3 is 6.18 Å². The van der Waals surface area contributed by atoms with Gasteiger partial charge in [-0.1, -0.05) is 45.0 Å². The molecular formula is C26H24F3IN2S. The van der Waals surface area contributed by atoms with Crippen LogP contribution in [0.2, 0.25) is 0 Å². The molecule has 7 heteroatoms. The maximum Gasteiger partial charge on any atom is 0.416 e. The van der Waals surface area contributed by atoms with Crippen LogP contribution < -0.4 is 0 Å². The van der Waals surface area contributed by atoms with E-state index in [1.54, 1.807) is 11.8 Å². The third-order valence-corrected chi connectivity index (χ3v) is 7.42. The monoisotopic (exact) mass is 580 g/mol. The van der Waals surface area contributed by atoms with Gasteiger partial charge in [-0.3, -0.25) is 0 Å². The van der Waals surface area contributed by atoms with E-state index in [4.69, 9.17) is 0 Å². The van der Waals surface area contributed by atoms with Crippen molar-refractivity contribution < 1.29 is 13.2 Å². The molecule has 0 fully saturated rings. The van der Waals surface area contributed by atoms with E-state index in [0.29, 0.717) is 16.9 Å². The quantitative estimate of drug-likeness (QED) is 0.178. The van der Waals surface area contributed by atoms with E-state index in [1.165, 1.54) is 17.2 Å². The molecule has 4 aromatic rings. The number of alkyl halides is 3. The first-order valence-electron chi connectivity index (χ1n) is 10.5. The van der Waals surface area contributed by atoms with Crippen LogP contribution in [-0.2, 0) is 24.4 Å². The Morgan fingerprint density at radius 1 is 0.909 bits per heavy atom. The van der Waals surface area contributed by atoms with E-state index in [0.717, 1.165) is 31.9 Å². The Hall–Kier alpha value is -2.00. The maximum atomic E-state index is 13.2. The fraction of sp³-hybridized carbons (Fsp3) is 0.269. The SMILES string of the molecule is Cn1c(-c2cc(I)ccc2SCc2ccc(C(C)(C)C)cc2)nc2cc(C(F)(F)F)ccc21.